The molecule has 0 aliphatic heterocycles. The van der Waals surface area contributed by atoms with Crippen molar-refractivity contribution >= 4 is 29.2 Å². The highest BCUT2D eigenvalue weighted by molar-refractivity contribution is 6.31. The van der Waals surface area contributed by atoms with Gasteiger partial charge in [0.2, 0.25) is 5.96 Å². The Balaban J connectivity index is 1.82. The molecule has 0 radical (unpaired) electrons. The van der Waals surface area contributed by atoms with Crippen LogP contribution in [0.15, 0.2) is 72.0 Å². The van der Waals surface area contributed by atoms with Gasteiger partial charge in [0, 0.05) is 28.7 Å². The van der Waals surface area contributed by atoms with Crippen molar-refractivity contribution < 1.29 is 14.3 Å². The van der Waals surface area contributed by atoms with Crippen molar-refractivity contribution in [2.24, 2.45) is 4.99 Å². The molecule has 1 amide bonds. The number of aromatic nitrogens is 1. The van der Waals surface area contributed by atoms with Crippen LogP contribution < -0.4 is 20.1 Å². The lowest BCUT2D eigenvalue weighted by molar-refractivity contribution is 0.0976. The fourth-order valence-corrected chi connectivity index (χ4v) is 3.03. The van der Waals surface area contributed by atoms with E-state index in [4.69, 9.17) is 21.1 Å². The van der Waals surface area contributed by atoms with Gasteiger partial charge in [0.05, 0.1) is 19.8 Å². The summed E-state index contributed by atoms with van der Waals surface area (Å²) >= 11 is 6.09. The molecule has 0 saturated carbocycles. The summed E-state index contributed by atoms with van der Waals surface area (Å²) in [7, 11) is 0. The molecule has 0 bridgehead atoms. The zero-order valence-corrected chi connectivity index (χ0v) is 18.7. The highest BCUT2D eigenvalue weighted by atomic mass is 35.5. The predicted molar refractivity (Wildman–Crippen MR) is 127 cm³/mol. The van der Waals surface area contributed by atoms with Crippen molar-refractivity contribution in [2.45, 2.75) is 20.4 Å². The minimum Gasteiger partial charge on any atom is -0.490 e. The number of rotatable bonds is 8. The maximum Gasteiger partial charge on any atom is 0.258 e. The molecule has 1 heterocycles. The number of nitrogens with zero attached hydrogens (tertiary/aromatic N) is 2. The molecule has 0 aliphatic carbocycles. The number of pyridine rings is 1. The Kier molecular flexibility index (Phi) is 8.45. The molecule has 7 nitrogen and oxygen atoms in total. The van der Waals surface area contributed by atoms with Gasteiger partial charge < -0.3 is 14.8 Å². The average Bonchev–Trinajstić information content (AvgIpc) is 2.79. The summed E-state index contributed by atoms with van der Waals surface area (Å²) in [5, 5.41) is 6.53. The van der Waals surface area contributed by atoms with Gasteiger partial charge in [-0.05, 0) is 67.9 Å². The Hall–Kier alpha value is -3.58. The van der Waals surface area contributed by atoms with Gasteiger partial charge in [0.1, 0.15) is 0 Å². The van der Waals surface area contributed by atoms with Gasteiger partial charge in [-0.2, -0.15) is 0 Å². The molecular weight excluding hydrogens is 428 g/mol. The number of carbonyl (C=O) groups excluding carboxylic acids is 1. The smallest absolute Gasteiger partial charge is 0.258 e. The first-order valence-electron chi connectivity index (χ1n) is 10.3. The third kappa shape index (κ3) is 6.72. The zero-order chi connectivity index (χ0) is 22.8. The lowest BCUT2D eigenvalue weighted by atomic mass is 10.2. The predicted octanol–water partition coefficient (Wildman–Crippen LogP) is 4.93. The van der Waals surface area contributed by atoms with E-state index in [9.17, 15) is 4.79 Å². The van der Waals surface area contributed by atoms with E-state index in [0.717, 1.165) is 5.56 Å². The molecule has 0 atom stereocenters. The topological polar surface area (TPSA) is 84.8 Å². The number of guanidine groups is 1. The molecule has 2 N–H and O–H groups in total. The number of aliphatic imine (C=N–C) groups is 1. The van der Waals surface area contributed by atoms with Crippen LogP contribution in [0.3, 0.4) is 0 Å². The monoisotopic (exact) mass is 452 g/mol. The molecule has 1 aromatic heterocycles. The fourth-order valence-electron chi connectivity index (χ4n) is 2.84. The van der Waals surface area contributed by atoms with Crippen molar-refractivity contribution in [1.82, 2.24) is 10.3 Å². The zero-order valence-electron chi connectivity index (χ0n) is 18.0. The van der Waals surface area contributed by atoms with E-state index in [1.54, 1.807) is 42.7 Å². The Morgan fingerprint density at radius 3 is 2.47 bits per heavy atom. The number of benzene rings is 2. The molecule has 0 spiro atoms. The minimum atomic E-state index is -0.336. The van der Waals surface area contributed by atoms with Gasteiger partial charge in [-0.15, -0.1) is 0 Å². The van der Waals surface area contributed by atoms with E-state index < -0.39 is 0 Å². The van der Waals surface area contributed by atoms with Gasteiger partial charge in [0.15, 0.2) is 11.5 Å². The molecular formula is C24H25ClN4O3. The Bertz CT molecular complexity index is 1070. The quantitative estimate of drug-likeness (QED) is 0.374. The molecule has 166 valence electrons. The first-order valence-corrected chi connectivity index (χ1v) is 10.6. The number of halogens is 1. The number of hydrogen-bond donors (Lipinski definition) is 2. The summed E-state index contributed by atoms with van der Waals surface area (Å²) in [5.74, 6) is 1.06. The third-order valence-electron chi connectivity index (χ3n) is 4.29. The Morgan fingerprint density at radius 1 is 1.00 bits per heavy atom. The molecule has 3 rings (SSSR count). The maximum atomic E-state index is 13.0. The van der Waals surface area contributed by atoms with E-state index >= 15 is 0 Å². The molecule has 32 heavy (non-hydrogen) atoms. The van der Waals surface area contributed by atoms with Crippen molar-refractivity contribution in [1.29, 1.82) is 0 Å². The van der Waals surface area contributed by atoms with E-state index in [1.807, 2.05) is 38.1 Å². The normalized spacial score (nSPS) is 11.0. The van der Waals surface area contributed by atoms with E-state index in [-0.39, 0.29) is 5.91 Å². The fraction of sp³-hybridized carbons (Fsp3) is 0.208. The van der Waals surface area contributed by atoms with Gasteiger partial charge in [-0.25, -0.2) is 4.99 Å². The average molecular weight is 453 g/mol. The molecule has 0 aliphatic rings. The van der Waals surface area contributed by atoms with Crippen molar-refractivity contribution in [3.05, 3.63) is 83.1 Å². The van der Waals surface area contributed by atoms with E-state index in [1.165, 1.54) is 0 Å². The number of nitrogens with one attached hydrogen (secondary N) is 2. The first-order chi connectivity index (χ1) is 15.6. The van der Waals surface area contributed by atoms with Crippen molar-refractivity contribution in [3.8, 4) is 11.5 Å². The Labute approximate surface area is 192 Å². The van der Waals surface area contributed by atoms with Crippen molar-refractivity contribution in [3.63, 3.8) is 0 Å². The van der Waals surface area contributed by atoms with Gasteiger partial charge >= 0.3 is 0 Å². The third-order valence-corrected chi connectivity index (χ3v) is 4.53. The Morgan fingerprint density at radius 2 is 1.75 bits per heavy atom. The van der Waals surface area contributed by atoms with Crippen LogP contribution in [0.1, 0.15) is 29.8 Å². The number of anilines is 1. The number of amides is 1. The van der Waals surface area contributed by atoms with Gasteiger partial charge in [-0.3, -0.25) is 15.1 Å². The van der Waals surface area contributed by atoms with Crippen LogP contribution in [0.5, 0.6) is 11.5 Å². The summed E-state index contributed by atoms with van der Waals surface area (Å²) < 4.78 is 11.2. The summed E-state index contributed by atoms with van der Waals surface area (Å²) in [6.07, 6.45) is 3.39. The number of carbonyl (C=O) groups is 1. The lowest BCUT2D eigenvalue weighted by Crippen LogP contribution is -2.36. The molecule has 3 aromatic rings. The van der Waals surface area contributed by atoms with Crippen LogP contribution >= 0.6 is 11.6 Å². The molecule has 0 unspecified atom stereocenters. The highest BCUT2D eigenvalue weighted by Crippen LogP contribution is 2.28. The second-order valence-electron chi connectivity index (χ2n) is 6.64. The molecule has 0 saturated heterocycles. The highest BCUT2D eigenvalue weighted by Gasteiger charge is 2.14. The van der Waals surface area contributed by atoms with Crippen LogP contribution in [0.4, 0.5) is 5.69 Å². The maximum absolute atomic E-state index is 13.0. The summed E-state index contributed by atoms with van der Waals surface area (Å²) in [5.41, 5.74) is 2.08. The van der Waals surface area contributed by atoms with Crippen LogP contribution in [0, 0.1) is 0 Å². The van der Waals surface area contributed by atoms with Crippen LogP contribution in [0.25, 0.3) is 0 Å². The molecule has 2 aromatic carbocycles. The van der Waals surface area contributed by atoms with Gasteiger partial charge in [0.25, 0.3) is 5.91 Å². The van der Waals surface area contributed by atoms with Crippen LogP contribution in [-0.2, 0) is 6.54 Å². The molecule has 0 fully saturated rings. The first kappa shape index (κ1) is 23.1. The molecule has 8 heteroatoms. The lowest BCUT2D eigenvalue weighted by Gasteiger charge is -2.14. The standard InChI is InChI=1S/C24H25ClN4O3/c1-3-31-21-9-8-18(14-22(21)32-4-2)23(30)29-24(27-16-17-10-12-26-13-11-17)28-20-7-5-6-19(25)15-20/h5-15H,3-4,16H2,1-2H3,(H2,27,28,29,30). The van der Waals surface area contributed by atoms with Crippen LogP contribution in [0.2, 0.25) is 5.02 Å². The summed E-state index contributed by atoms with van der Waals surface area (Å²) in [6.45, 7) is 5.09. The second-order valence-corrected chi connectivity index (χ2v) is 7.07. The van der Waals surface area contributed by atoms with Crippen LogP contribution in [-0.4, -0.2) is 30.1 Å². The number of ether oxygens (including phenoxy) is 2. The van der Waals surface area contributed by atoms with E-state index in [2.05, 4.69) is 20.6 Å². The largest absolute Gasteiger partial charge is 0.490 e. The van der Waals surface area contributed by atoms with Gasteiger partial charge in [-0.1, -0.05) is 17.7 Å². The van der Waals surface area contributed by atoms with Crippen molar-refractivity contribution in [2.75, 3.05) is 18.5 Å². The van der Waals surface area contributed by atoms with E-state index in [0.29, 0.717) is 53.5 Å². The minimum absolute atomic E-state index is 0.293. The number of hydrogen-bond acceptors (Lipinski definition) is 5. The second kappa shape index (κ2) is 11.7. The summed E-state index contributed by atoms with van der Waals surface area (Å²) in [6, 6.07) is 16.0. The summed E-state index contributed by atoms with van der Waals surface area (Å²) in [4.78, 5) is 21.5. The SMILES string of the molecule is CCOc1ccc(C(=O)NC(=NCc2ccncc2)Nc2cccc(Cl)c2)cc1OCC.